The smallest absolute Gasteiger partial charge is 0.0620 e. The molecule has 3 aromatic rings. The van der Waals surface area contributed by atoms with E-state index in [1.54, 1.807) is 0 Å². The second-order valence-electron chi connectivity index (χ2n) is 4.83. The summed E-state index contributed by atoms with van der Waals surface area (Å²) in [6.07, 6.45) is 0. The van der Waals surface area contributed by atoms with Gasteiger partial charge in [0.2, 0.25) is 0 Å². The molecule has 0 fully saturated rings. The largest absolute Gasteiger partial charge is 0.127 e. The first-order chi connectivity index (χ1) is 10.8. The molecule has 0 N–H and O–H groups in total. The molecule has 0 saturated heterocycles. The van der Waals surface area contributed by atoms with Crippen molar-refractivity contribution >= 4 is 39.1 Å². The minimum Gasteiger partial charge on any atom is -0.0620 e. The minimum atomic E-state index is -2.04. The predicted octanol–water partition coefficient (Wildman–Crippen LogP) is 4.33. The van der Waals surface area contributed by atoms with Crippen LogP contribution in [0, 0.1) is 0 Å². The molecule has 0 spiro atoms. The van der Waals surface area contributed by atoms with Crippen LogP contribution in [0.15, 0.2) is 91.0 Å². The Morgan fingerprint density at radius 2 is 0.905 bits per heavy atom. The van der Waals surface area contributed by atoms with E-state index in [-0.39, 0.29) is 5.05 Å². The maximum atomic E-state index is 8.66. The van der Waals surface area contributed by atoms with E-state index in [4.69, 9.17) is 1.37 Å². The Morgan fingerprint density at radius 1 is 0.619 bits per heavy atom. The highest BCUT2D eigenvalue weighted by Crippen LogP contribution is 2.56. The lowest BCUT2D eigenvalue weighted by Crippen LogP contribution is -2.31. The summed E-state index contributed by atoms with van der Waals surface area (Å²) >= 11 is 3.62. The molecule has 0 aromatic heterocycles. The highest BCUT2D eigenvalue weighted by molar-refractivity contribution is 9.10. The monoisotopic (exact) mass is 356 g/mol. The molecule has 3 rings (SSSR count). The average molecular weight is 357 g/mol. The summed E-state index contributed by atoms with van der Waals surface area (Å²) in [5.74, 6) is 0. The summed E-state index contributed by atoms with van der Waals surface area (Å²) in [7, 11) is -2.04. The summed E-state index contributed by atoms with van der Waals surface area (Å²) < 4.78 is 8.66. The average Bonchev–Trinajstić information content (AvgIpc) is 2.58. The molecule has 104 valence electrons. The Bertz CT molecular complexity index is 618. The van der Waals surface area contributed by atoms with Crippen molar-refractivity contribution < 1.29 is 1.37 Å². The first kappa shape index (κ1) is 13.2. The maximum Gasteiger partial charge on any atom is 0.127 e. The summed E-state index contributed by atoms with van der Waals surface area (Å²) in [5, 5.41) is 3.30. The molecular formula is C19H17BrP+. The number of hydrogen-bond acceptors (Lipinski definition) is 0. The van der Waals surface area contributed by atoms with Crippen molar-refractivity contribution in [2.24, 2.45) is 0 Å². The van der Waals surface area contributed by atoms with Crippen LogP contribution in [0.25, 0.3) is 0 Å². The molecule has 0 amide bonds. The fourth-order valence-corrected chi connectivity index (χ4v) is 7.89. The van der Waals surface area contributed by atoms with Crippen molar-refractivity contribution in [3.8, 4) is 0 Å². The first-order valence-electron chi connectivity index (χ1n) is 7.46. The highest BCUT2D eigenvalue weighted by Gasteiger charge is 2.44. The molecule has 0 nitrogen and oxygen atoms in total. The molecule has 0 aliphatic rings. The maximum absolute atomic E-state index is 8.66. The summed E-state index contributed by atoms with van der Waals surface area (Å²) in [6.45, 7) is 0. The van der Waals surface area contributed by atoms with Gasteiger partial charge in [-0.25, -0.2) is 0 Å². The Kier molecular flexibility index (Phi) is 4.14. The second kappa shape index (κ2) is 6.56. The van der Waals surface area contributed by atoms with Crippen molar-refractivity contribution in [2.75, 3.05) is 5.05 Å². The number of rotatable bonds is 4. The van der Waals surface area contributed by atoms with E-state index in [0.29, 0.717) is 0 Å². The fraction of sp³-hybridized carbons (Fsp3) is 0.0526. The van der Waals surface area contributed by atoms with E-state index < -0.39 is 7.26 Å². The van der Waals surface area contributed by atoms with Crippen LogP contribution >= 0.6 is 23.2 Å². The zero-order valence-corrected chi connectivity index (χ0v) is 14.0. The van der Waals surface area contributed by atoms with Gasteiger partial charge < -0.3 is 0 Å². The van der Waals surface area contributed by atoms with Crippen LogP contribution in [-0.2, 0) is 0 Å². The quantitative estimate of drug-likeness (QED) is 0.482. The second-order valence-corrected chi connectivity index (χ2v) is 9.25. The molecule has 1 unspecified atom stereocenters. The summed E-state index contributed by atoms with van der Waals surface area (Å²) in [5.41, 5.74) is 0. The molecule has 3 aromatic carbocycles. The zero-order valence-electron chi connectivity index (χ0n) is 12.6. The molecule has 21 heavy (non-hydrogen) atoms. The van der Waals surface area contributed by atoms with Gasteiger partial charge in [0.05, 0.1) is 1.37 Å². The van der Waals surface area contributed by atoms with E-state index in [0.717, 1.165) is 0 Å². The van der Waals surface area contributed by atoms with Crippen molar-refractivity contribution in [1.29, 1.82) is 0 Å². The van der Waals surface area contributed by atoms with Crippen LogP contribution in [0.3, 0.4) is 0 Å². The molecule has 0 bridgehead atoms. The number of halogens is 1. The SMILES string of the molecule is [2H]C(Br)[P+](c1ccccc1)(c1ccccc1)c1ccccc1. The molecule has 0 aliphatic carbocycles. The highest BCUT2D eigenvalue weighted by atomic mass is 79.9. The molecule has 0 aliphatic heterocycles. The van der Waals surface area contributed by atoms with Crippen LogP contribution in [0.2, 0.25) is 0 Å². The Balaban J connectivity index is 2.34. The van der Waals surface area contributed by atoms with E-state index in [1.807, 2.05) is 18.2 Å². The van der Waals surface area contributed by atoms with Gasteiger partial charge in [0.15, 0.2) is 0 Å². The van der Waals surface area contributed by atoms with Gasteiger partial charge in [0.1, 0.15) is 28.2 Å². The third-order valence-electron chi connectivity index (χ3n) is 3.64. The van der Waals surface area contributed by atoms with Gasteiger partial charge in [-0.3, -0.25) is 0 Å². The normalized spacial score (nSPS) is 13.5. The number of benzene rings is 3. The molecular weight excluding hydrogens is 339 g/mol. The van der Waals surface area contributed by atoms with Crippen molar-refractivity contribution in [2.45, 2.75) is 0 Å². The van der Waals surface area contributed by atoms with Gasteiger partial charge in [-0.2, -0.15) is 0 Å². The molecule has 0 radical (unpaired) electrons. The number of alkyl halides is 1. The standard InChI is InChI=1S/C19H17BrP/c20-16-21(17-10-4-1-5-11-17,18-12-6-2-7-13-18)19-14-8-3-9-15-19/h1-15H,16H2/q+1/i16D. The zero-order chi connectivity index (χ0) is 15.4. The van der Waals surface area contributed by atoms with Crippen LogP contribution in [0.1, 0.15) is 1.37 Å². The third-order valence-corrected chi connectivity index (χ3v) is 9.11. The molecule has 0 saturated carbocycles. The summed E-state index contributed by atoms with van der Waals surface area (Å²) in [4.78, 5) is 0. The molecule has 2 heteroatoms. The lowest BCUT2D eigenvalue weighted by Gasteiger charge is -2.25. The van der Waals surface area contributed by atoms with Gasteiger partial charge in [0, 0.05) is 0 Å². The van der Waals surface area contributed by atoms with Gasteiger partial charge in [0.25, 0.3) is 0 Å². The van der Waals surface area contributed by atoms with Crippen LogP contribution < -0.4 is 15.9 Å². The van der Waals surface area contributed by atoms with Crippen molar-refractivity contribution in [1.82, 2.24) is 0 Å². The van der Waals surface area contributed by atoms with E-state index in [9.17, 15) is 0 Å². The van der Waals surface area contributed by atoms with Crippen LogP contribution in [0.4, 0.5) is 0 Å². The van der Waals surface area contributed by atoms with Gasteiger partial charge in [-0.15, -0.1) is 0 Å². The number of hydrogen-bond donors (Lipinski definition) is 0. The Hall–Kier alpha value is -1.43. The fourth-order valence-electron chi connectivity index (χ4n) is 2.61. The van der Waals surface area contributed by atoms with Crippen LogP contribution in [0.5, 0.6) is 0 Å². The van der Waals surface area contributed by atoms with Crippen molar-refractivity contribution in [3.63, 3.8) is 0 Å². The van der Waals surface area contributed by atoms with E-state index in [2.05, 4.69) is 88.7 Å². The third kappa shape index (κ3) is 2.69. The minimum absolute atomic E-state index is 0.382. The summed E-state index contributed by atoms with van der Waals surface area (Å²) in [6, 6.07) is 31.3. The van der Waals surface area contributed by atoms with Gasteiger partial charge in [-0.1, -0.05) is 54.6 Å². The predicted molar refractivity (Wildman–Crippen MR) is 98.9 cm³/mol. The molecule has 0 heterocycles. The lowest BCUT2D eigenvalue weighted by atomic mass is 10.4. The Labute approximate surface area is 136 Å². The van der Waals surface area contributed by atoms with Crippen LogP contribution in [-0.4, -0.2) is 5.05 Å². The van der Waals surface area contributed by atoms with E-state index >= 15 is 0 Å². The van der Waals surface area contributed by atoms with E-state index in [1.165, 1.54) is 15.9 Å². The van der Waals surface area contributed by atoms with Gasteiger partial charge in [-0.05, 0) is 52.3 Å². The lowest BCUT2D eigenvalue weighted by molar-refractivity contribution is 1.71. The first-order valence-corrected chi connectivity index (χ1v) is 9.65. The topological polar surface area (TPSA) is 0 Å². The van der Waals surface area contributed by atoms with Crippen molar-refractivity contribution in [3.05, 3.63) is 91.0 Å². The molecule has 1 atom stereocenters. The Morgan fingerprint density at radius 3 is 1.14 bits per heavy atom. The van der Waals surface area contributed by atoms with Gasteiger partial charge >= 0.3 is 0 Å².